The number of rotatable bonds is 6. The number of benzene rings is 2. The fraction of sp³-hybridized carbons (Fsp3) is 0.424. The Hall–Kier alpha value is -2.85. The zero-order valence-electron chi connectivity index (χ0n) is 21.6. The number of aryl methyl sites for hydroxylation is 1. The third-order valence-electron chi connectivity index (χ3n) is 9.58. The minimum Gasteiger partial charge on any atom is -0.496 e. The Morgan fingerprint density at radius 3 is 2.49 bits per heavy atom. The molecule has 0 N–H and O–H groups in total. The van der Waals surface area contributed by atoms with Gasteiger partial charge in [-0.2, -0.15) is 0 Å². The van der Waals surface area contributed by atoms with E-state index in [0.29, 0.717) is 5.41 Å². The second-order valence-electron chi connectivity index (χ2n) is 11.9. The first-order chi connectivity index (χ1) is 18.1. The Morgan fingerprint density at radius 2 is 1.81 bits per heavy atom. The molecule has 2 heterocycles. The number of carbonyl (C=O) groups excluding carboxylic acids is 1. The van der Waals surface area contributed by atoms with Crippen LogP contribution in [0.25, 0.3) is 11.6 Å². The molecule has 2 aromatic carbocycles. The molecule has 4 heteroatoms. The van der Waals surface area contributed by atoms with Crippen molar-refractivity contribution in [1.29, 1.82) is 0 Å². The highest BCUT2D eigenvalue weighted by molar-refractivity contribution is 7.11. The second kappa shape index (κ2) is 9.16. The summed E-state index contributed by atoms with van der Waals surface area (Å²) in [5.74, 6) is 3.81. The summed E-state index contributed by atoms with van der Waals surface area (Å²) in [7, 11) is 1.84. The van der Waals surface area contributed by atoms with Crippen LogP contribution in [0.1, 0.15) is 66.5 Å². The van der Waals surface area contributed by atoms with E-state index < -0.39 is 0 Å². The molecule has 4 aliphatic carbocycles. The molecule has 1 aromatic heterocycles. The highest BCUT2D eigenvalue weighted by Gasteiger charge is 2.52. The molecule has 0 atom stereocenters. The minimum atomic E-state index is 0.302. The normalized spacial score (nSPS) is 28.3. The van der Waals surface area contributed by atoms with Gasteiger partial charge < -0.3 is 9.64 Å². The molecule has 3 nitrogen and oxygen atoms in total. The highest BCUT2D eigenvalue weighted by Crippen LogP contribution is 2.62. The number of aldehydes is 1. The van der Waals surface area contributed by atoms with Crippen molar-refractivity contribution in [2.24, 2.45) is 17.8 Å². The summed E-state index contributed by atoms with van der Waals surface area (Å²) in [6.07, 6.45) is 13.6. The number of thiophene rings is 1. The first kappa shape index (κ1) is 23.3. The van der Waals surface area contributed by atoms with E-state index in [9.17, 15) is 4.79 Å². The maximum Gasteiger partial charge on any atom is 0.151 e. The van der Waals surface area contributed by atoms with Crippen LogP contribution in [-0.4, -0.2) is 19.9 Å². The smallest absolute Gasteiger partial charge is 0.151 e. The topological polar surface area (TPSA) is 29.5 Å². The summed E-state index contributed by atoms with van der Waals surface area (Å²) in [5.41, 5.74) is 7.57. The number of ether oxygens (including phenoxy) is 1. The Bertz CT molecular complexity index is 1320. The van der Waals surface area contributed by atoms with Crippen molar-refractivity contribution in [2.45, 2.75) is 56.8 Å². The summed E-state index contributed by atoms with van der Waals surface area (Å²) >= 11 is 1.61. The van der Waals surface area contributed by atoms with Gasteiger partial charge in [-0.3, -0.25) is 4.79 Å². The summed E-state index contributed by atoms with van der Waals surface area (Å²) < 4.78 is 5.99. The van der Waals surface area contributed by atoms with Crippen molar-refractivity contribution in [3.05, 3.63) is 75.5 Å². The summed E-state index contributed by atoms with van der Waals surface area (Å²) in [4.78, 5) is 15.3. The fourth-order valence-corrected chi connectivity index (χ4v) is 9.18. The zero-order chi connectivity index (χ0) is 25.0. The van der Waals surface area contributed by atoms with Crippen LogP contribution in [-0.2, 0) is 16.6 Å². The van der Waals surface area contributed by atoms with Gasteiger partial charge in [-0.05, 0) is 134 Å². The number of allylic oxidation sites excluding steroid dienone is 1. The van der Waals surface area contributed by atoms with Crippen LogP contribution in [0, 0.1) is 17.8 Å². The van der Waals surface area contributed by atoms with Crippen LogP contribution in [0.15, 0.2) is 53.9 Å². The SMILES string of the molecule is COc1ccc(N2CCCc3cc(/C=C(/C=O)c4cccs4)ccc32)cc1C12CC3CC(CC(C3)C1)C2. The van der Waals surface area contributed by atoms with Crippen LogP contribution >= 0.6 is 11.3 Å². The Labute approximate surface area is 224 Å². The Morgan fingerprint density at radius 1 is 1.03 bits per heavy atom. The zero-order valence-corrected chi connectivity index (χ0v) is 22.4. The fourth-order valence-electron chi connectivity index (χ4n) is 8.48. The average molecular weight is 510 g/mol. The Kier molecular flexibility index (Phi) is 5.77. The van der Waals surface area contributed by atoms with Crippen molar-refractivity contribution < 1.29 is 9.53 Å². The van der Waals surface area contributed by atoms with Crippen molar-refractivity contribution in [1.82, 2.24) is 0 Å². The highest BCUT2D eigenvalue weighted by atomic mass is 32.1. The van der Waals surface area contributed by atoms with Crippen LogP contribution in [0.3, 0.4) is 0 Å². The number of hydrogen-bond donors (Lipinski definition) is 0. The molecule has 0 unspecified atom stereocenters. The third-order valence-corrected chi connectivity index (χ3v) is 10.5. The molecule has 190 valence electrons. The van der Waals surface area contributed by atoms with Gasteiger partial charge in [-0.1, -0.05) is 12.1 Å². The number of methoxy groups -OCH3 is 1. The number of nitrogens with zero attached hydrogens (tertiary/aromatic N) is 1. The van der Waals surface area contributed by atoms with Crippen LogP contribution < -0.4 is 9.64 Å². The van der Waals surface area contributed by atoms with Gasteiger partial charge in [0, 0.05) is 33.9 Å². The number of carbonyl (C=O) groups is 1. The van der Waals surface area contributed by atoms with Crippen LogP contribution in [0.4, 0.5) is 11.4 Å². The molecular formula is C33H35NO2S. The standard InChI is InChI=1S/C33H35NO2S/c1-36-31-9-7-28(17-29(31)33-18-23-12-24(19-33)14-25(13-23)20-33)34-10-2-4-26-15-22(6-8-30(26)34)16-27(21-35)32-5-3-11-37-32/h3,5-9,11,15-17,21,23-25H,2,4,10,12-14,18-20H2,1H3/b27-16-. The van der Waals surface area contributed by atoms with Gasteiger partial charge in [0.15, 0.2) is 6.29 Å². The van der Waals surface area contributed by atoms with Crippen molar-refractivity contribution in [2.75, 3.05) is 18.6 Å². The summed E-state index contributed by atoms with van der Waals surface area (Å²) in [5, 5.41) is 2.02. The molecule has 0 saturated heterocycles. The lowest BCUT2D eigenvalue weighted by atomic mass is 9.48. The molecular weight excluding hydrogens is 474 g/mol. The lowest BCUT2D eigenvalue weighted by molar-refractivity contribution is -0.103. The van der Waals surface area contributed by atoms with E-state index in [-0.39, 0.29) is 0 Å². The average Bonchev–Trinajstić information content (AvgIpc) is 3.45. The lowest BCUT2D eigenvalue weighted by Crippen LogP contribution is -2.48. The van der Waals surface area contributed by atoms with Gasteiger partial charge in [0.05, 0.1) is 7.11 Å². The molecule has 0 radical (unpaired) electrons. The third kappa shape index (κ3) is 4.05. The summed E-state index contributed by atoms with van der Waals surface area (Å²) in [6, 6.07) is 17.7. The molecule has 4 fully saturated rings. The van der Waals surface area contributed by atoms with E-state index in [0.717, 1.165) is 65.2 Å². The van der Waals surface area contributed by atoms with Gasteiger partial charge in [0.1, 0.15) is 5.75 Å². The van der Waals surface area contributed by atoms with Crippen LogP contribution in [0.5, 0.6) is 5.75 Å². The number of hydrogen-bond acceptors (Lipinski definition) is 4. The molecule has 4 bridgehead atoms. The van der Waals surface area contributed by atoms with Crippen molar-refractivity contribution >= 4 is 40.6 Å². The molecule has 0 amide bonds. The molecule has 37 heavy (non-hydrogen) atoms. The summed E-state index contributed by atoms with van der Waals surface area (Å²) in [6.45, 7) is 1.03. The predicted octanol–water partition coefficient (Wildman–Crippen LogP) is 8.05. The van der Waals surface area contributed by atoms with E-state index in [4.69, 9.17) is 4.74 Å². The first-order valence-corrected chi connectivity index (χ1v) is 14.8. The largest absolute Gasteiger partial charge is 0.496 e. The quantitative estimate of drug-likeness (QED) is 0.249. The van der Waals surface area contributed by atoms with Gasteiger partial charge >= 0.3 is 0 Å². The number of anilines is 2. The molecule has 1 aliphatic heterocycles. The minimum absolute atomic E-state index is 0.302. The van der Waals surface area contributed by atoms with E-state index >= 15 is 0 Å². The lowest BCUT2D eigenvalue weighted by Gasteiger charge is -2.57. The molecule has 5 aliphatic rings. The maximum absolute atomic E-state index is 11.8. The maximum atomic E-state index is 11.8. The van der Waals surface area contributed by atoms with Gasteiger partial charge in [0.2, 0.25) is 0 Å². The van der Waals surface area contributed by atoms with E-state index in [2.05, 4.69) is 41.3 Å². The van der Waals surface area contributed by atoms with Crippen LogP contribution in [0.2, 0.25) is 0 Å². The molecule has 4 saturated carbocycles. The Balaban J connectivity index is 1.24. The van der Waals surface area contributed by atoms with Gasteiger partial charge in [-0.25, -0.2) is 0 Å². The molecule has 0 spiro atoms. The van der Waals surface area contributed by atoms with Gasteiger partial charge in [-0.15, -0.1) is 11.3 Å². The number of fused-ring (bicyclic) bond motifs is 1. The second-order valence-corrected chi connectivity index (χ2v) is 12.9. The van der Waals surface area contributed by atoms with Crippen molar-refractivity contribution in [3.63, 3.8) is 0 Å². The van der Waals surface area contributed by atoms with Gasteiger partial charge in [0.25, 0.3) is 0 Å². The predicted molar refractivity (Wildman–Crippen MR) is 153 cm³/mol. The van der Waals surface area contributed by atoms with E-state index in [1.165, 1.54) is 61.0 Å². The first-order valence-electron chi connectivity index (χ1n) is 13.9. The monoisotopic (exact) mass is 509 g/mol. The molecule has 8 rings (SSSR count). The van der Waals surface area contributed by atoms with E-state index in [1.54, 1.807) is 11.3 Å². The molecule has 3 aromatic rings. The van der Waals surface area contributed by atoms with E-state index in [1.807, 2.05) is 30.7 Å². The van der Waals surface area contributed by atoms with Crippen molar-refractivity contribution in [3.8, 4) is 5.75 Å².